The first-order chi connectivity index (χ1) is 11.2. The molecular weight excluding hydrogens is 335 g/mol. The third-order valence-corrected chi connectivity index (χ3v) is 4.33. The van der Waals surface area contributed by atoms with Gasteiger partial charge in [-0.25, -0.2) is 4.39 Å². The van der Waals surface area contributed by atoms with Crippen LogP contribution >= 0.6 is 12.4 Å². The lowest BCUT2D eigenvalue weighted by Gasteiger charge is -2.33. The van der Waals surface area contributed by atoms with Crippen LogP contribution in [0.3, 0.4) is 0 Å². The minimum absolute atomic E-state index is 0. The molecule has 0 radical (unpaired) electrons. The van der Waals surface area contributed by atoms with Crippen LogP contribution in [-0.4, -0.2) is 55.8 Å². The van der Waals surface area contributed by atoms with Crippen molar-refractivity contribution in [1.29, 1.82) is 0 Å². The van der Waals surface area contributed by atoms with E-state index in [1.165, 1.54) is 12.1 Å². The van der Waals surface area contributed by atoms with E-state index in [1.54, 1.807) is 12.1 Å². The van der Waals surface area contributed by atoms with Gasteiger partial charge in [0.15, 0.2) is 0 Å². The van der Waals surface area contributed by atoms with Crippen LogP contribution in [0.15, 0.2) is 24.3 Å². The predicted octanol–water partition coefficient (Wildman–Crippen LogP) is 2.00. The highest BCUT2D eigenvalue weighted by molar-refractivity contribution is 5.85. The van der Waals surface area contributed by atoms with E-state index in [1.807, 2.05) is 4.90 Å². The van der Waals surface area contributed by atoms with Crippen LogP contribution < -0.4 is 10.1 Å². The van der Waals surface area contributed by atoms with Crippen molar-refractivity contribution in [3.05, 3.63) is 30.1 Å². The van der Waals surface area contributed by atoms with Gasteiger partial charge in [0.1, 0.15) is 17.7 Å². The Morgan fingerprint density at radius 1 is 1.29 bits per heavy atom. The number of ether oxygens (including phenoxy) is 2. The molecule has 1 amide bonds. The van der Waals surface area contributed by atoms with E-state index in [0.29, 0.717) is 31.9 Å². The van der Waals surface area contributed by atoms with Crippen LogP contribution in [0.25, 0.3) is 0 Å². The van der Waals surface area contributed by atoms with E-state index in [-0.39, 0.29) is 36.3 Å². The quantitative estimate of drug-likeness (QED) is 0.894. The van der Waals surface area contributed by atoms with Crippen molar-refractivity contribution in [2.45, 2.75) is 31.4 Å². The van der Waals surface area contributed by atoms with Crippen LogP contribution in [0, 0.1) is 5.82 Å². The molecule has 0 spiro atoms. The molecule has 0 saturated carbocycles. The monoisotopic (exact) mass is 358 g/mol. The summed E-state index contributed by atoms with van der Waals surface area (Å²) < 4.78 is 24.1. The highest BCUT2D eigenvalue weighted by Gasteiger charge is 2.26. The molecule has 2 fully saturated rings. The Morgan fingerprint density at radius 2 is 2.00 bits per heavy atom. The predicted molar refractivity (Wildman–Crippen MR) is 91.1 cm³/mol. The van der Waals surface area contributed by atoms with Crippen LogP contribution in [0.1, 0.15) is 19.3 Å². The fourth-order valence-corrected chi connectivity index (χ4v) is 3.02. The Hall–Kier alpha value is -1.37. The zero-order chi connectivity index (χ0) is 16.1. The first-order valence-electron chi connectivity index (χ1n) is 8.22. The second kappa shape index (κ2) is 9.20. The number of rotatable bonds is 4. The summed E-state index contributed by atoms with van der Waals surface area (Å²) >= 11 is 0. The summed E-state index contributed by atoms with van der Waals surface area (Å²) in [6, 6.07) is 6.20. The molecule has 1 aromatic rings. The van der Waals surface area contributed by atoms with Gasteiger partial charge in [0.25, 0.3) is 0 Å². The summed E-state index contributed by atoms with van der Waals surface area (Å²) in [5.41, 5.74) is 0. The molecule has 134 valence electrons. The number of morpholine rings is 1. The summed E-state index contributed by atoms with van der Waals surface area (Å²) in [5, 5.41) is 3.31. The number of hydrogen-bond donors (Lipinski definition) is 1. The van der Waals surface area contributed by atoms with E-state index < -0.39 is 0 Å². The molecule has 3 rings (SSSR count). The first-order valence-corrected chi connectivity index (χ1v) is 8.22. The van der Waals surface area contributed by atoms with Crippen molar-refractivity contribution in [2.75, 3.05) is 32.8 Å². The van der Waals surface area contributed by atoms with Gasteiger partial charge in [-0.1, -0.05) is 0 Å². The number of amides is 1. The number of likely N-dealkylation sites (tertiary alicyclic amines) is 1. The van der Waals surface area contributed by atoms with Gasteiger partial charge in [0.05, 0.1) is 13.2 Å². The van der Waals surface area contributed by atoms with Crippen molar-refractivity contribution in [2.24, 2.45) is 0 Å². The summed E-state index contributed by atoms with van der Waals surface area (Å²) in [6.45, 7) is 3.55. The largest absolute Gasteiger partial charge is 0.490 e. The van der Waals surface area contributed by atoms with E-state index >= 15 is 0 Å². The Labute approximate surface area is 147 Å². The highest BCUT2D eigenvalue weighted by atomic mass is 35.5. The van der Waals surface area contributed by atoms with Gasteiger partial charge in [-0.15, -0.1) is 12.4 Å². The van der Waals surface area contributed by atoms with Gasteiger partial charge in [0.2, 0.25) is 5.91 Å². The molecule has 0 aliphatic carbocycles. The van der Waals surface area contributed by atoms with Crippen LogP contribution in [-0.2, 0) is 9.53 Å². The number of nitrogens with zero attached hydrogens (tertiary/aromatic N) is 1. The molecule has 1 aromatic carbocycles. The molecule has 2 saturated heterocycles. The lowest BCUT2D eigenvalue weighted by molar-refractivity contribution is -0.134. The lowest BCUT2D eigenvalue weighted by atomic mass is 10.1. The molecule has 1 unspecified atom stereocenters. The SMILES string of the molecule is Cl.O=C(CC1COCCN1)N1CCC(Oc2ccc(F)cc2)CC1. The van der Waals surface area contributed by atoms with Crippen LogP contribution in [0.4, 0.5) is 4.39 Å². The second-order valence-electron chi connectivity index (χ2n) is 6.08. The maximum absolute atomic E-state index is 12.9. The third-order valence-electron chi connectivity index (χ3n) is 4.33. The average Bonchev–Trinajstić information content (AvgIpc) is 2.58. The number of hydrogen-bond acceptors (Lipinski definition) is 4. The highest BCUT2D eigenvalue weighted by Crippen LogP contribution is 2.20. The van der Waals surface area contributed by atoms with E-state index in [4.69, 9.17) is 9.47 Å². The first kappa shape index (κ1) is 19.0. The summed E-state index contributed by atoms with van der Waals surface area (Å²) in [4.78, 5) is 14.2. The van der Waals surface area contributed by atoms with Crippen LogP contribution in [0.5, 0.6) is 5.75 Å². The van der Waals surface area contributed by atoms with Crippen molar-refractivity contribution in [3.8, 4) is 5.75 Å². The van der Waals surface area contributed by atoms with E-state index in [9.17, 15) is 9.18 Å². The summed E-state index contributed by atoms with van der Waals surface area (Å²) in [5.74, 6) is 0.589. The molecule has 2 aliphatic rings. The zero-order valence-electron chi connectivity index (χ0n) is 13.6. The van der Waals surface area contributed by atoms with Gasteiger partial charge in [-0.05, 0) is 24.3 Å². The smallest absolute Gasteiger partial charge is 0.224 e. The fraction of sp³-hybridized carbons (Fsp3) is 0.588. The number of carbonyl (C=O) groups is 1. The van der Waals surface area contributed by atoms with Crippen molar-refractivity contribution in [1.82, 2.24) is 10.2 Å². The summed E-state index contributed by atoms with van der Waals surface area (Å²) in [6.07, 6.45) is 2.18. The molecule has 1 atom stereocenters. The lowest BCUT2D eigenvalue weighted by Crippen LogP contribution is -2.47. The number of halogens is 2. The average molecular weight is 359 g/mol. The number of benzene rings is 1. The van der Waals surface area contributed by atoms with Gasteiger partial charge < -0.3 is 19.7 Å². The normalized spacial score (nSPS) is 21.9. The third kappa shape index (κ3) is 5.33. The molecule has 0 aromatic heterocycles. The van der Waals surface area contributed by atoms with Gasteiger partial charge in [-0.2, -0.15) is 0 Å². The van der Waals surface area contributed by atoms with Crippen molar-refractivity contribution >= 4 is 18.3 Å². The Kier molecular flexibility index (Phi) is 7.27. The number of piperidine rings is 1. The van der Waals surface area contributed by atoms with Crippen molar-refractivity contribution < 1.29 is 18.7 Å². The standard InChI is InChI=1S/C17H23FN2O3.ClH/c18-13-1-3-15(4-2-13)23-16-5-8-20(9-6-16)17(21)11-14-12-22-10-7-19-14;/h1-4,14,16,19H,5-12H2;1H. The van der Waals surface area contributed by atoms with Gasteiger partial charge >= 0.3 is 0 Å². The Balaban J connectivity index is 0.00000208. The van der Waals surface area contributed by atoms with E-state index in [0.717, 1.165) is 26.0 Å². The molecule has 24 heavy (non-hydrogen) atoms. The number of carbonyl (C=O) groups excluding carboxylic acids is 1. The van der Waals surface area contributed by atoms with Crippen molar-refractivity contribution in [3.63, 3.8) is 0 Å². The summed E-state index contributed by atoms with van der Waals surface area (Å²) in [7, 11) is 0. The maximum Gasteiger partial charge on any atom is 0.224 e. The molecule has 7 heteroatoms. The Morgan fingerprint density at radius 3 is 2.62 bits per heavy atom. The van der Waals surface area contributed by atoms with Gasteiger partial charge in [0, 0.05) is 44.9 Å². The minimum atomic E-state index is -0.266. The second-order valence-corrected chi connectivity index (χ2v) is 6.08. The zero-order valence-corrected chi connectivity index (χ0v) is 14.4. The fourth-order valence-electron chi connectivity index (χ4n) is 3.02. The molecule has 0 bridgehead atoms. The molecule has 1 N–H and O–H groups in total. The maximum atomic E-state index is 12.9. The number of nitrogens with one attached hydrogen (secondary N) is 1. The van der Waals surface area contributed by atoms with Gasteiger partial charge in [-0.3, -0.25) is 4.79 Å². The minimum Gasteiger partial charge on any atom is -0.490 e. The Bertz CT molecular complexity index is 515. The molecule has 5 nitrogen and oxygen atoms in total. The molecule has 2 heterocycles. The topological polar surface area (TPSA) is 50.8 Å². The molecular formula is C17H24ClFN2O3. The van der Waals surface area contributed by atoms with E-state index in [2.05, 4.69) is 5.32 Å². The molecule has 2 aliphatic heterocycles. The van der Waals surface area contributed by atoms with Crippen LogP contribution in [0.2, 0.25) is 0 Å².